The normalized spacial score (nSPS) is 10.9. The number of hydrogen-bond acceptors (Lipinski definition) is 2. The van der Waals surface area contributed by atoms with E-state index in [0.717, 1.165) is 58.5 Å². The monoisotopic (exact) mass is 337 g/mol. The molecule has 0 bridgehead atoms. The van der Waals surface area contributed by atoms with E-state index >= 15 is 0 Å². The van der Waals surface area contributed by atoms with Crippen LogP contribution in [0.25, 0.3) is 21.8 Å². The Labute approximate surface area is 148 Å². The van der Waals surface area contributed by atoms with Crippen molar-refractivity contribution in [3.63, 3.8) is 0 Å². The van der Waals surface area contributed by atoms with Gasteiger partial charge < -0.3 is 10.2 Å². The minimum absolute atomic E-state index is 0.792. The van der Waals surface area contributed by atoms with Crippen molar-refractivity contribution < 1.29 is 0 Å². The van der Waals surface area contributed by atoms with Gasteiger partial charge in [-0.3, -0.25) is 0 Å². The van der Waals surface area contributed by atoms with E-state index in [-0.39, 0.29) is 0 Å². The molecule has 0 unspecified atom stereocenters. The van der Waals surface area contributed by atoms with Gasteiger partial charge in [0.2, 0.25) is 0 Å². The van der Waals surface area contributed by atoms with Gasteiger partial charge in [-0.2, -0.15) is 0 Å². The third-order valence-corrected chi connectivity index (χ3v) is 4.45. The van der Waals surface area contributed by atoms with Crippen LogP contribution < -0.4 is 5.32 Å². The molecule has 0 spiro atoms. The van der Waals surface area contributed by atoms with E-state index in [1.165, 1.54) is 0 Å². The van der Waals surface area contributed by atoms with Crippen molar-refractivity contribution in [1.82, 2.24) is 9.88 Å². The maximum absolute atomic E-state index is 5.71. The van der Waals surface area contributed by atoms with Crippen molar-refractivity contribution in [1.29, 1.82) is 0 Å². The minimum atomic E-state index is 0.792. The van der Waals surface area contributed by atoms with E-state index in [9.17, 15) is 0 Å². The molecule has 3 rings (SSSR count). The van der Waals surface area contributed by atoms with Crippen LogP contribution in [0.2, 0.25) is 0 Å². The number of nitrogens with one attached hydrogen (secondary N) is 1. The summed E-state index contributed by atoms with van der Waals surface area (Å²) in [6.07, 6.45) is 2.17. The van der Waals surface area contributed by atoms with Crippen LogP contribution in [0.5, 0.6) is 0 Å². The van der Waals surface area contributed by atoms with Crippen molar-refractivity contribution in [3.05, 3.63) is 48.5 Å². The molecular formula is C20H23N3S. The Kier molecular flexibility index (Phi) is 5.26. The first-order valence-corrected chi connectivity index (χ1v) is 8.98. The number of thiocarbonyl (C=S) groups is 1. The summed E-state index contributed by atoms with van der Waals surface area (Å²) in [6.45, 7) is 6.31. The van der Waals surface area contributed by atoms with Crippen LogP contribution in [-0.2, 0) is 0 Å². The van der Waals surface area contributed by atoms with Crippen molar-refractivity contribution in [2.24, 2.45) is 0 Å². The third kappa shape index (κ3) is 3.34. The number of para-hydroxylation sites is 2. The highest BCUT2D eigenvalue weighted by molar-refractivity contribution is 7.80. The van der Waals surface area contributed by atoms with Gasteiger partial charge in [0.15, 0.2) is 5.11 Å². The largest absolute Gasteiger partial charge is 0.349 e. The fraction of sp³-hybridized carbons (Fsp3) is 0.300. The molecule has 3 aromatic rings. The standard InChI is InChI=1S/C20H23N3S/c1-3-13-23(14-4-2)20(24)22-19-15-9-5-7-11-17(15)21-18-12-8-6-10-16(18)19/h5-12H,3-4,13-14H2,1-2H3,(H,21,22,24). The van der Waals surface area contributed by atoms with Crippen LogP contribution in [-0.4, -0.2) is 28.1 Å². The second-order valence-corrected chi connectivity index (χ2v) is 6.33. The quantitative estimate of drug-likeness (QED) is 0.511. The van der Waals surface area contributed by atoms with Gasteiger partial charge in [-0.05, 0) is 37.2 Å². The van der Waals surface area contributed by atoms with E-state index in [2.05, 4.69) is 36.2 Å². The Morgan fingerprint density at radius 1 is 0.917 bits per heavy atom. The summed E-state index contributed by atoms with van der Waals surface area (Å²) >= 11 is 5.71. The predicted molar refractivity (Wildman–Crippen MR) is 108 cm³/mol. The fourth-order valence-corrected chi connectivity index (χ4v) is 3.30. The SMILES string of the molecule is CCCN(CCC)C(=S)Nc1c2ccccc2nc2ccccc12. The first-order chi connectivity index (χ1) is 11.7. The Bertz CT molecular complexity index is 800. The third-order valence-electron chi connectivity index (χ3n) is 4.09. The van der Waals surface area contributed by atoms with Gasteiger partial charge in [-0.25, -0.2) is 4.98 Å². The molecule has 124 valence electrons. The van der Waals surface area contributed by atoms with Crippen LogP contribution in [0.1, 0.15) is 26.7 Å². The predicted octanol–water partition coefficient (Wildman–Crippen LogP) is 5.21. The molecule has 0 saturated carbocycles. The van der Waals surface area contributed by atoms with Crippen molar-refractivity contribution in [3.8, 4) is 0 Å². The zero-order valence-electron chi connectivity index (χ0n) is 14.2. The van der Waals surface area contributed by atoms with E-state index in [0.29, 0.717) is 0 Å². The second-order valence-electron chi connectivity index (χ2n) is 5.94. The molecule has 0 aliphatic rings. The van der Waals surface area contributed by atoms with Crippen molar-refractivity contribution in [2.75, 3.05) is 18.4 Å². The molecule has 1 heterocycles. The molecule has 1 N–H and O–H groups in total. The highest BCUT2D eigenvalue weighted by atomic mass is 32.1. The summed E-state index contributed by atoms with van der Waals surface area (Å²) in [5, 5.41) is 6.51. The van der Waals surface area contributed by atoms with Gasteiger partial charge in [0.25, 0.3) is 0 Å². The van der Waals surface area contributed by atoms with Crippen LogP contribution in [0.15, 0.2) is 48.5 Å². The van der Waals surface area contributed by atoms with Gasteiger partial charge in [-0.15, -0.1) is 0 Å². The molecule has 1 aromatic heterocycles. The molecule has 0 saturated heterocycles. The van der Waals surface area contributed by atoms with Crippen molar-refractivity contribution in [2.45, 2.75) is 26.7 Å². The van der Waals surface area contributed by atoms with Crippen LogP contribution >= 0.6 is 12.2 Å². The molecule has 0 amide bonds. The minimum Gasteiger partial charge on any atom is -0.349 e. The van der Waals surface area contributed by atoms with Gasteiger partial charge in [-0.1, -0.05) is 50.2 Å². The molecule has 24 heavy (non-hydrogen) atoms. The average molecular weight is 337 g/mol. The number of fused-ring (bicyclic) bond motifs is 2. The molecule has 4 heteroatoms. The Hall–Kier alpha value is -2.20. The fourth-order valence-electron chi connectivity index (χ4n) is 3.02. The summed E-state index contributed by atoms with van der Waals surface area (Å²) in [5.41, 5.74) is 3.02. The van der Waals surface area contributed by atoms with Gasteiger partial charge in [0, 0.05) is 23.9 Å². The maximum Gasteiger partial charge on any atom is 0.173 e. The molecule has 3 nitrogen and oxygen atoms in total. The molecule has 0 radical (unpaired) electrons. The number of pyridine rings is 1. The van der Waals surface area contributed by atoms with Crippen LogP contribution in [0.3, 0.4) is 0 Å². The first-order valence-electron chi connectivity index (χ1n) is 8.58. The lowest BCUT2D eigenvalue weighted by Gasteiger charge is -2.26. The summed E-state index contributed by atoms with van der Waals surface area (Å²) < 4.78 is 0. The first kappa shape index (κ1) is 16.7. The highest BCUT2D eigenvalue weighted by Gasteiger charge is 2.13. The van der Waals surface area contributed by atoms with Crippen molar-refractivity contribution >= 4 is 44.8 Å². The van der Waals surface area contributed by atoms with E-state index in [1.807, 2.05) is 36.4 Å². The van der Waals surface area contributed by atoms with Crippen LogP contribution in [0.4, 0.5) is 5.69 Å². The number of anilines is 1. The Morgan fingerprint density at radius 3 is 1.92 bits per heavy atom. The van der Waals surface area contributed by atoms with Gasteiger partial charge >= 0.3 is 0 Å². The molecule has 0 aliphatic heterocycles. The van der Waals surface area contributed by atoms with Gasteiger partial charge in [0.05, 0.1) is 16.7 Å². The molecule has 0 aliphatic carbocycles. The Morgan fingerprint density at radius 2 is 1.42 bits per heavy atom. The average Bonchev–Trinajstić information content (AvgIpc) is 2.61. The van der Waals surface area contributed by atoms with E-state index in [1.54, 1.807) is 0 Å². The Balaban J connectivity index is 2.07. The molecule has 0 fully saturated rings. The topological polar surface area (TPSA) is 28.2 Å². The lowest BCUT2D eigenvalue weighted by atomic mass is 10.1. The summed E-state index contributed by atoms with van der Waals surface area (Å²) in [6, 6.07) is 16.4. The highest BCUT2D eigenvalue weighted by Crippen LogP contribution is 2.30. The van der Waals surface area contributed by atoms with E-state index in [4.69, 9.17) is 17.2 Å². The smallest absolute Gasteiger partial charge is 0.173 e. The zero-order chi connectivity index (χ0) is 16.9. The van der Waals surface area contributed by atoms with E-state index < -0.39 is 0 Å². The second kappa shape index (κ2) is 7.58. The lowest BCUT2D eigenvalue weighted by molar-refractivity contribution is 0.423. The molecule has 0 atom stereocenters. The lowest BCUT2D eigenvalue weighted by Crippen LogP contribution is -2.36. The maximum atomic E-state index is 5.71. The number of nitrogens with zero attached hydrogens (tertiary/aromatic N) is 2. The zero-order valence-corrected chi connectivity index (χ0v) is 15.1. The summed E-state index contributed by atoms with van der Waals surface area (Å²) in [7, 11) is 0. The van der Waals surface area contributed by atoms with Gasteiger partial charge in [0.1, 0.15) is 0 Å². The number of benzene rings is 2. The summed E-state index contributed by atoms with van der Waals surface area (Å²) in [4.78, 5) is 7.02. The molecule has 2 aromatic carbocycles. The molecular weight excluding hydrogens is 314 g/mol. The number of hydrogen-bond donors (Lipinski definition) is 1. The number of aromatic nitrogens is 1. The summed E-state index contributed by atoms with van der Waals surface area (Å²) in [5.74, 6) is 0. The number of rotatable bonds is 5. The van der Waals surface area contributed by atoms with Crippen LogP contribution in [0, 0.1) is 0 Å².